The molecule has 11 heteroatoms. The topological polar surface area (TPSA) is 147 Å². The van der Waals surface area contributed by atoms with E-state index in [1.54, 1.807) is 0 Å². The number of halogens is 1. The van der Waals surface area contributed by atoms with Crippen molar-refractivity contribution >= 4 is 43.1 Å². The predicted molar refractivity (Wildman–Crippen MR) is 71.4 cm³/mol. The molecule has 0 aliphatic carbocycles. The van der Waals surface area contributed by atoms with Crippen LogP contribution < -0.4 is 10.5 Å². The molecule has 0 unspecified atom stereocenters. The summed E-state index contributed by atoms with van der Waals surface area (Å²) >= 11 is 5.71. The fourth-order valence-corrected chi connectivity index (χ4v) is 3.69. The molecular formula is C8H11ClN2O6S2. The molecule has 1 aromatic rings. The first-order valence-corrected chi connectivity index (χ1v) is 8.38. The zero-order chi connectivity index (χ0) is 14.8. The summed E-state index contributed by atoms with van der Waals surface area (Å²) in [6.07, 6.45) is 0. The van der Waals surface area contributed by atoms with Gasteiger partial charge in [0.25, 0.3) is 10.1 Å². The molecule has 5 N–H and O–H groups in total. The van der Waals surface area contributed by atoms with Gasteiger partial charge in [0.05, 0.1) is 27.9 Å². The Hall–Kier alpha value is -1.23. The number of hydrogen-bond acceptors (Lipinski definition) is 6. The van der Waals surface area contributed by atoms with Gasteiger partial charge < -0.3 is 10.8 Å². The summed E-state index contributed by atoms with van der Waals surface area (Å²) in [6, 6.07) is 2.13. The van der Waals surface area contributed by atoms with Crippen molar-refractivity contribution in [2.24, 2.45) is 0 Å². The Morgan fingerprint density at radius 2 is 1.79 bits per heavy atom. The normalized spacial score (nSPS) is 12.3. The minimum atomic E-state index is -4.40. The maximum Gasteiger partial charge on any atom is 0.265 e. The molecule has 108 valence electrons. The molecule has 0 aliphatic rings. The van der Waals surface area contributed by atoms with E-state index in [0.29, 0.717) is 0 Å². The van der Waals surface area contributed by atoms with Gasteiger partial charge in [-0.05, 0) is 6.07 Å². The lowest BCUT2D eigenvalue weighted by molar-refractivity contribution is 0.478. The lowest BCUT2D eigenvalue weighted by Crippen LogP contribution is -2.22. The predicted octanol–water partition coefficient (Wildman–Crippen LogP) is 0.257. The van der Waals surface area contributed by atoms with E-state index in [9.17, 15) is 21.9 Å². The average molecular weight is 331 g/mol. The van der Waals surface area contributed by atoms with Crippen LogP contribution in [0.25, 0.3) is 0 Å². The van der Waals surface area contributed by atoms with Crippen LogP contribution in [0.15, 0.2) is 12.1 Å². The zero-order valence-corrected chi connectivity index (χ0v) is 11.8. The number of nitrogens with one attached hydrogen (secondary N) is 1. The van der Waals surface area contributed by atoms with E-state index in [2.05, 4.69) is 0 Å². The molecule has 0 heterocycles. The highest BCUT2D eigenvalue weighted by Crippen LogP contribution is 2.32. The van der Waals surface area contributed by atoms with Crippen LogP contribution in [0.3, 0.4) is 0 Å². The standard InChI is InChI=1S/C8H11ClN2O6S2/c9-5-3-6(10)8(12)4-7(5)11-18(13,14)1-2-19(15,16)17/h3-4,11-12H,1-2,10H2,(H,15,16,17). The van der Waals surface area contributed by atoms with E-state index in [4.69, 9.17) is 21.9 Å². The number of phenolic OH excluding ortho intramolecular Hbond substituents is 1. The highest BCUT2D eigenvalue weighted by molar-refractivity contribution is 7.94. The number of hydrogen-bond donors (Lipinski definition) is 4. The van der Waals surface area contributed by atoms with Crippen LogP contribution in [0.4, 0.5) is 11.4 Å². The number of anilines is 2. The van der Waals surface area contributed by atoms with Crippen molar-refractivity contribution in [1.29, 1.82) is 0 Å². The molecule has 0 aliphatic heterocycles. The molecule has 0 atom stereocenters. The van der Waals surface area contributed by atoms with Crippen molar-refractivity contribution in [3.05, 3.63) is 17.2 Å². The van der Waals surface area contributed by atoms with E-state index in [0.717, 1.165) is 12.1 Å². The van der Waals surface area contributed by atoms with Gasteiger partial charge in [-0.15, -0.1) is 0 Å². The van der Waals surface area contributed by atoms with E-state index < -0.39 is 31.6 Å². The summed E-state index contributed by atoms with van der Waals surface area (Å²) < 4.78 is 54.5. The van der Waals surface area contributed by atoms with Crippen LogP contribution in [0, 0.1) is 0 Å². The van der Waals surface area contributed by atoms with Crippen LogP contribution in [0.1, 0.15) is 0 Å². The number of nitrogen functional groups attached to an aromatic ring is 1. The third kappa shape index (κ3) is 5.11. The van der Waals surface area contributed by atoms with Gasteiger partial charge in [-0.3, -0.25) is 9.27 Å². The van der Waals surface area contributed by atoms with Gasteiger partial charge in [0.2, 0.25) is 10.0 Å². The van der Waals surface area contributed by atoms with Crippen LogP contribution in [-0.2, 0) is 20.1 Å². The second kappa shape index (κ2) is 5.41. The summed E-state index contributed by atoms with van der Waals surface area (Å²) in [7, 11) is -8.44. The lowest BCUT2D eigenvalue weighted by atomic mass is 10.2. The number of rotatable bonds is 5. The third-order valence-corrected chi connectivity index (χ3v) is 4.56. The van der Waals surface area contributed by atoms with Crippen molar-refractivity contribution in [3.8, 4) is 5.75 Å². The van der Waals surface area contributed by atoms with Gasteiger partial charge in [0.15, 0.2) is 0 Å². The summed E-state index contributed by atoms with van der Waals surface area (Å²) in [6.45, 7) is 0. The van der Waals surface area contributed by atoms with Gasteiger partial charge >= 0.3 is 0 Å². The first kappa shape index (κ1) is 15.8. The van der Waals surface area contributed by atoms with Gasteiger partial charge in [-0.25, -0.2) is 8.42 Å². The summed E-state index contributed by atoms with van der Waals surface area (Å²) in [5.74, 6) is -2.19. The maximum absolute atomic E-state index is 11.5. The number of sulfonamides is 1. The number of nitrogens with two attached hydrogens (primary N) is 1. The molecule has 1 aromatic carbocycles. The quantitative estimate of drug-likeness (QED) is 0.344. The van der Waals surface area contributed by atoms with E-state index in [1.807, 2.05) is 4.72 Å². The Morgan fingerprint density at radius 1 is 1.21 bits per heavy atom. The van der Waals surface area contributed by atoms with Gasteiger partial charge in [-0.1, -0.05) is 11.6 Å². The van der Waals surface area contributed by atoms with Crippen LogP contribution in [0.5, 0.6) is 5.75 Å². The minimum Gasteiger partial charge on any atom is -0.506 e. The van der Waals surface area contributed by atoms with Crippen LogP contribution in [0.2, 0.25) is 5.02 Å². The third-order valence-electron chi connectivity index (χ3n) is 1.99. The second-order valence-corrected chi connectivity index (χ2v) is 7.42. The molecule has 0 aromatic heterocycles. The zero-order valence-electron chi connectivity index (χ0n) is 9.37. The molecule has 0 spiro atoms. The fraction of sp³-hybridized carbons (Fsp3) is 0.250. The molecule has 19 heavy (non-hydrogen) atoms. The Kier molecular flexibility index (Phi) is 4.50. The SMILES string of the molecule is Nc1cc(Cl)c(NS(=O)(=O)CCS(=O)(=O)O)cc1O. The molecule has 0 bridgehead atoms. The summed E-state index contributed by atoms with van der Waals surface area (Å²) in [5, 5.41) is 9.26. The van der Waals surface area contributed by atoms with E-state index >= 15 is 0 Å². The van der Waals surface area contributed by atoms with E-state index in [1.165, 1.54) is 0 Å². The molecular weight excluding hydrogens is 320 g/mol. The molecule has 0 radical (unpaired) electrons. The van der Waals surface area contributed by atoms with Crippen molar-refractivity contribution in [2.75, 3.05) is 22.0 Å². The largest absolute Gasteiger partial charge is 0.506 e. The molecule has 0 saturated carbocycles. The highest BCUT2D eigenvalue weighted by atomic mass is 35.5. The Labute approximate surface area is 115 Å². The molecule has 1 rings (SSSR count). The van der Waals surface area contributed by atoms with Crippen molar-refractivity contribution in [2.45, 2.75) is 0 Å². The number of phenols is 1. The van der Waals surface area contributed by atoms with Crippen molar-refractivity contribution in [3.63, 3.8) is 0 Å². The first-order valence-electron chi connectivity index (χ1n) is 4.74. The highest BCUT2D eigenvalue weighted by Gasteiger charge is 2.17. The monoisotopic (exact) mass is 330 g/mol. The Balaban J connectivity index is 2.93. The first-order chi connectivity index (χ1) is 8.50. The van der Waals surface area contributed by atoms with Crippen LogP contribution in [-0.4, -0.2) is 38.0 Å². The lowest BCUT2D eigenvalue weighted by Gasteiger charge is -2.10. The summed E-state index contributed by atoms with van der Waals surface area (Å²) in [4.78, 5) is 0. The number of benzene rings is 1. The second-order valence-electron chi connectivity index (χ2n) is 3.60. The summed E-state index contributed by atoms with van der Waals surface area (Å²) in [5.41, 5.74) is 5.16. The average Bonchev–Trinajstić information content (AvgIpc) is 2.22. The Morgan fingerprint density at radius 3 is 2.32 bits per heavy atom. The molecule has 0 saturated heterocycles. The number of aromatic hydroxyl groups is 1. The fourth-order valence-electron chi connectivity index (χ4n) is 1.09. The van der Waals surface area contributed by atoms with Gasteiger partial charge in [-0.2, -0.15) is 8.42 Å². The minimum absolute atomic E-state index is 0.0362. The molecule has 8 nitrogen and oxygen atoms in total. The Bertz CT molecular complexity index is 685. The molecule has 0 fully saturated rings. The van der Waals surface area contributed by atoms with Crippen LogP contribution >= 0.6 is 11.6 Å². The van der Waals surface area contributed by atoms with E-state index in [-0.39, 0.29) is 22.1 Å². The van der Waals surface area contributed by atoms with Crippen molar-refractivity contribution in [1.82, 2.24) is 0 Å². The van der Waals surface area contributed by atoms with Crippen molar-refractivity contribution < 1.29 is 26.5 Å². The van der Waals surface area contributed by atoms with Gasteiger partial charge in [0, 0.05) is 6.07 Å². The van der Waals surface area contributed by atoms with Gasteiger partial charge in [0.1, 0.15) is 5.75 Å². The molecule has 0 amide bonds. The maximum atomic E-state index is 11.5. The smallest absolute Gasteiger partial charge is 0.265 e.